The highest BCUT2D eigenvalue weighted by Crippen LogP contribution is 2.36. The number of esters is 1. The highest BCUT2D eigenvalue weighted by Gasteiger charge is 2.27. The monoisotopic (exact) mass is 261 g/mol. The summed E-state index contributed by atoms with van der Waals surface area (Å²) in [5, 5.41) is 3.50. The standard InChI is InChI=1S/C16H23NO2/c1-12(13-7-8-13)10-17-11-15-6-4-3-5-14(15)9-16(18)19-2/h3-6,12-13,17H,7-11H2,1-2H3. The van der Waals surface area contributed by atoms with E-state index in [1.807, 2.05) is 18.2 Å². The van der Waals surface area contributed by atoms with Crippen molar-refractivity contribution in [3.8, 4) is 0 Å². The van der Waals surface area contributed by atoms with Crippen LogP contribution < -0.4 is 5.32 Å². The van der Waals surface area contributed by atoms with Crippen LogP contribution in [0, 0.1) is 11.8 Å². The third-order valence-corrected chi connectivity index (χ3v) is 3.89. The van der Waals surface area contributed by atoms with E-state index in [2.05, 4.69) is 18.3 Å². The highest BCUT2D eigenvalue weighted by atomic mass is 16.5. The lowest BCUT2D eigenvalue weighted by atomic mass is 10.0. The number of carbonyl (C=O) groups is 1. The molecule has 1 aliphatic carbocycles. The first-order chi connectivity index (χ1) is 9.20. The number of ether oxygens (including phenoxy) is 1. The van der Waals surface area contributed by atoms with Crippen LogP contribution in [0.1, 0.15) is 30.9 Å². The molecule has 3 heteroatoms. The minimum Gasteiger partial charge on any atom is -0.469 e. The number of carbonyl (C=O) groups excluding carboxylic acids is 1. The maximum Gasteiger partial charge on any atom is 0.309 e. The lowest BCUT2D eigenvalue weighted by molar-refractivity contribution is -0.139. The van der Waals surface area contributed by atoms with Crippen LogP contribution in [0.2, 0.25) is 0 Å². The number of benzene rings is 1. The normalized spacial score (nSPS) is 16.1. The summed E-state index contributed by atoms with van der Waals surface area (Å²) in [4.78, 5) is 11.4. The fourth-order valence-corrected chi connectivity index (χ4v) is 2.40. The second-order valence-corrected chi connectivity index (χ2v) is 5.47. The zero-order chi connectivity index (χ0) is 13.7. The van der Waals surface area contributed by atoms with Gasteiger partial charge in [-0.3, -0.25) is 4.79 Å². The summed E-state index contributed by atoms with van der Waals surface area (Å²) in [6, 6.07) is 8.06. The van der Waals surface area contributed by atoms with Crippen molar-refractivity contribution in [1.29, 1.82) is 0 Å². The van der Waals surface area contributed by atoms with Gasteiger partial charge < -0.3 is 10.1 Å². The van der Waals surface area contributed by atoms with Crippen LogP contribution in [-0.4, -0.2) is 19.6 Å². The summed E-state index contributed by atoms with van der Waals surface area (Å²) in [6.45, 7) is 4.19. The summed E-state index contributed by atoms with van der Waals surface area (Å²) in [5.74, 6) is 1.50. The Morgan fingerprint density at radius 1 is 1.37 bits per heavy atom. The van der Waals surface area contributed by atoms with Gasteiger partial charge in [0.05, 0.1) is 13.5 Å². The number of methoxy groups -OCH3 is 1. The van der Waals surface area contributed by atoms with Crippen LogP contribution in [0.15, 0.2) is 24.3 Å². The quantitative estimate of drug-likeness (QED) is 0.767. The lowest BCUT2D eigenvalue weighted by Crippen LogP contribution is -2.22. The molecule has 3 nitrogen and oxygen atoms in total. The summed E-state index contributed by atoms with van der Waals surface area (Å²) < 4.78 is 4.73. The molecule has 19 heavy (non-hydrogen) atoms. The maximum absolute atomic E-state index is 11.4. The maximum atomic E-state index is 11.4. The van der Waals surface area contributed by atoms with E-state index in [0.29, 0.717) is 6.42 Å². The van der Waals surface area contributed by atoms with Gasteiger partial charge >= 0.3 is 5.97 Å². The Labute approximate surface area is 115 Å². The molecule has 1 fully saturated rings. The molecule has 1 saturated carbocycles. The predicted molar refractivity (Wildman–Crippen MR) is 75.8 cm³/mol. The van der Waals surface area contributed by atoms with E-state index in [4.69, 9.17) is 4.74 Å². The molecule has 1 aromatic rings. The molecule has 104 valence electrons. The second kappa shape index (κ2) is 6.71. The Morgan fingerprint density at radius 2 is 2.05 bits per heavy atom. The van der Waals surface area contributed by atoms with Crippen molar-refractivity contribution in [2.45, 2.75) is 32.7 Å². The first kappa shape index (κ1) is 14.1. The van der Waals surface area contributed by atoms with Crippen LogP contribution in [0.4, 0.5) is 0 Å². The first-order valence-corrected chi connectivity index (χ1v) is 7.05. The number of hydrogen-bond donors (Lipinski definition) is 1. The molecule has 0 saturated heterocycles. The van der Waals surface area contributed by atoms with Gasteiger partial charge in [-0.2, -0.15) is 0 Å². The van der Waals surface area contributed by atoms with Gasteiger partial charge in [0.15, 0.2) is 0 Å². The van der Waals surface area contributed by atoms with Crippen molar-refractivity contribution in [3.05, 3.63) is 35.4 Å². The number of rotatable bonds is 7. The topological polar surface area (TPSA) is 38.3 Å². The van der Waals surface area contributed by atoms with Crippen LogP contribution >= 0.6 is 0 Å². The Bertz CT molecular complexity index is 427. The van der Waals surface area contributed by atoms with Crippen molar-refractivity contribution in [3.63, 3.8) is 0 Å². The molecule has 0 spiro atoms. The van der Waals surface area contributed by atoms with E-state index in [9.17, 15) is 4.79 Å². The molecule has 0 heterocycles. The molecule has 1 aliphatic rings. The van der Waals surface area contributed by atoms with E-state index < -0.39 is 0 Å². The Balaban J connectivity index is 1.85. The van der Waals surface area contributed by atoms with Gasteiger partial charge in [0.2, 0.25) is 0 Å². The van der Waals surface area contributed by atoms with Crippen LogP contribution in [-0.2, 0) is 22.5 Å². The molecule has 0 radical (unpaired) electrons. The summed E-state index contributed by atoms with van der Waals surface area (Å²) in [6.07, 6.45) is 3.14. The average molecular weight is 261 g/mol. The summed E-state index contributed by atoms with van der Waals surface area (Å²) in [5.41, 5.74) is 2.25. The van der Waals surface area contributed by atoms with Crippen molar-refractivity contribution in [2.75, 3.05) is 13.7 Å². The smallest absolute Gasteiger partial charge is 0.309 e. The number of hydrogen-bond acceptors (Lipinski definition) is 3. The van der Waals surface area contributed by atoms with Gasteiger partial charge in [0.1, 0.15) is 0 Å². The van der Waals surface area contributed by atoms with Gasteiger partial charge in [-0.1, -0.05) is 31.2 Å². The molecule has 1 N–H and O–H groups in total. The van der Waals surface area contributed by atoms with Gasteiger partial charge in [0.25, 0.3) is 0 Å². The summed E-state index contributed by atoms with van der Waals surface area (Å²) >= 11 is 0. The van der Waals surface area contributed by atoms with E-state index in [1.165, 1.54) is 25.5 Å². The molecule has 1 aromatic carbocycles. The molecule has 0 aromatic heterocycles. The molecule has 0 amide bonds. The van der Waals surface area contributed by atoms with E-state index in [-0.39, 0.29) is 5.97 Å². The molecule has 1 unspecified atom stereocenters. The highest BCUT2D eigenvalue weighted by molar-refractivity contribution is 5.72. The van der Waals surface area contributed by atoms with Crippen molar-refractivity contribution in [2.24, 2.45) is 11.8 Å². The molecule has 2 rings (SSSR count). The minimum atomic E-state index is -0.182. The van der Waals surface area contributed by atoms with Gasteiger partial charge in [-0.25, -0.2) is 0 Å². The Hall–Kier alpha value is -1.35. The third kappa shape index (κ3) is 4.35. The van der Waals surface area contributed by atoms with Crippen LogP contribution in [0.3, 0.4) is 0 Å². The lowest BCUT2D eigenvalue weighted by Gasteiger charge is -2.13. The SMILES string of the molecule is COC(=O)Cc1ccccc1CNCC(C)C1CC1. The molecule has 1 atom stereocenters. The van der Waals surface area contributed by atoms with Gasteiger partial charge in [0, 0.05) is 6.54 Å². The largest absolute Gasteiger partial charge is 0.469 e. The van der Waals surface area contributed by atoms with E-state index in [1.54, 1.807) is 0 Å². The van der Waals surface area contributed by atoms with Crippen LogP contribution in [0.25, 0.3) is 0 Å². The van der Waals surface area contributed by atoms with E-state index >= 15 is 0 Å². The fraction of sp³-hybridized carbons (Fsp3) is 0.562. The van der Waals surface area contributed by atoms with Crippen molar-refractivity contribution < 1.29 is 9.53 Å². The Kier molecular flexibility index (Phi) is 4.97. The molecule has 0 bridgehead atoms. The summed E-state index contributed by atoms with van der Waals surface area (Å²) in [7, 11) is 1.43. The van der Waals surface area contributed by atoms with E-state index in [0.717, 1.165) is 30.5 Å². The minimum absolute atomic E-state index is 0.182. The Morgan fingerprint density at radius 3 is 2.68 bits per heavy atom. The second-order valence-electron chi connectivity index (χ2n) is 5.47. The zero-order valence-corrected chi connectivity index (χ0v) is 11.8. The van der Waals surface area contributed by atoms with Gasteiger partial charge in [-0.05, 0) is 42.3 Å². The first-order valence-electron chi connectivity index (χ1n) is 7.05. The van der Waals surface area contributed by atoms with Crippen molar-refractivity contribution in [1.82, 2.24) is 5.32 Å². The average Bonchev–Trinajstić information content (AvgIpc) is 3.24. The number of nitrogens with one attached hydrogen (secondary N) is 1. The zero-order valence-electron chi connectivity index (χ0n) is 11.8. The van der Waals surface area contributed by atoms with Crippen LogP contribution in [0.5, 0.6) is 0 Å². The molecular formula is C16H23NO2. The van der Waals surface area contributed by atoms with Gasteiger partial charge in [-0.15, -0.1) is 0 Å². The van der Waals surface area contributed by atoms with Crippen molar-refractivity contribution >= 4 is 5.97 Å². The fourth-order valence-electron chi connectivity index (χ4n) is 2.40. The predicted octanol–water partition coefficient (Wildman–Crippen LogP) is 2.54. The molecule has 0 aliphatic heterocycles. The molecular weight excluding hydrogens is 238 g/mol. The third-order valence-electron chi connectivity index (χ3n) is 3.89.